The van der Waals surface area contributed by atoms with E-state index in [0.29, 0.717) is 10.7 Å². The molecule has 0 fully saturated rings. The molecule has 1 N–H and O–H groups in total. The van der Waals surface area contributed by atoms with E-state index in [1.54, 1.807) is 25.3 Å². The fourth-order valence-corrected chi connectivity index (χ4v) is 1.99. The van der Waals surface area contributed by atoms with E-state index in [9.17, 15) is 4.79 Å². The van der Waals surface area contributed by atoms with E-state index in [4.69, 9.17) is 16.3 Å². The van der Waals surface area contributed by atoms with Crippen molar-refractivity contribution in [3.63, 3.8) is 0 Å². The molecule has 0 aliphatic carbocycles. The molecule has 0 heterocycles. The topological polar surface area (TPSA) is 38.3 Å². The van der Waals surface area contributed by atoms with Gasteiger partial charge in [0.2, 0.25) is 5.91 Å². The maximum Gasteiger partial charge on any atom is 0.248 e. The smallest absolute Gasteiger partial charge is 0.248 e. The van der Waals surface area contributed by atoms with Crippen LogP contribution in [0.5, 0.6) is 5.75 Å². The number of carbonyl (C=O) groups excluding carboxylic acids is 1. The number of amides is 1. The summed E-state index contributed by atoms with van der Waals surface area (Å²) in [4.78, 5) is 11.9. The van der Waals surface area contributed by atoms with Crippen LogP contribution in [0.4, 0.5) is 5.69 Å². The first kappa shape index (κ1) is 15.1. The molecule has 2 rings (SSSR count). The Morgan fingerprint density at radius 3 is 2.81 bits per heavy atom. The lowest BCUT2D eigenvalue weighted by molar-refractivity contribution is -0.111. The molecular weight excluding hydrogens is 286 g/mol. The molecule has 2 aromatic carbocycles. The minimum atomic E-state index is -0.205. The number of carbonyl (C=O) groups is 1. The van der Waals surface area contributed by atoms with Crippen LogP contribution in [0.15, 0.2) is 48.5 Å². The van der Waals surface area contributed by atoms with Gasteiger partial charge in [-0.25, -0.2) is 0 Å². The van der Waals surface area contributed by atoms with Gasteiger partial charge in [-0.15, -0.1) is 0 Å². The summed E-state index contributed by atoms with van der Waals surface area (Å²) in [6.45, 7) is 1.91. The van der Waals surface area contributed by atoms with Crippen LogP contribution >= 0.6 is 11.6 Å². The number of benzene rings is 2. The van der Waals surface area contributed by atoms with Crippen molar-refractivity contribution >= 4 is 29.3 Å². The van der Waals surface area contributed by atoms with Gasteiger partial charge in [-0.1, -0.05) is 29.8 Å². The third-order valence-electron chi connectivity index (χ3n) is 2.98. The fourth-order valence-electron chi connectivity index (χ4n) is 1.82. The molecule has 3 nitrogen and oxygen atoms in total. The van der Waals surface area contributed by atoms with Gasteiger partial charge in [0.05, 0.1) is 7.11 Å². The van der Waals surface area contributed by atoms with E-state index < -0.39 is 0 Å². The van der Waals surface area contributed by atoms with Crippen molar-refractivity contribution in [3.05, 3.63) is 64.7 Å². The first-order valence-electron chi connectivity index (χ1n) is 6.48. The summed E-state index contributed by atoms with van der Waals surface area (Å²) in [6, 6.07) is 12.9. The van der Waals surface area contributed by atoms with Crippen molar-refractivity contribution in [3.8, 4) is 5.75 Å². The summed E-state index contributed by atoms with van der Waals surface area (Å²) in [6.07, 6.45) is 3.22. The Bertz CT molecular complexity index is 680. The Hall–Kier alpha value is -2.26. The third kappa shape index (κ3) is 4.36. The van der Waals surface area contributed by atoms with Crippen LogP contribution in [0.1, 0.15) is 11.1 Å². The highest BCUT2D eigenvalue weighted by Gasteiger charge is 2.02. The summed E-state index contributed by atoms with van der Waals surface area (Å²) in [7, 11) is 1.61. The molecule has 0 saturated carbocycles. The standard InChI is InChI=1S/C17H16ClNO2/c1-12-6-8-14(18)11-16(12)19-17(20)9-7-13-4-3-5-15(10-13)21-2/h3-11H,1-2H3,(H,19,20)/b9-7+. The van der Waals surface area contributed by atoms with Gasteiger partial charge in [-0.3, -0.25) is 4.79 Å². The largest absolute Gasteiger partial charge is 0.497 e. The normalized spacial score (nSPS) is 10.6. The van der Waals surface area contributed by atoms with Gasteiger partial charge < -0.3 is 10.1 Å². The van der Waals surface area contributed by atoms with Gasteiger partial charge in [0.15, 0.2) is 0 Å². The van der Waals surface area contributed by atoms with E-state index in [1.165, 1.54) is 6.08 Å². The quantitative estimate of drug-likeness (QED) is 0.855. The van der Waals surface area contributed by atoms with Gasteiger partial charge in [0, 0.05) is 16.8 Å². The molecular formula is C17H16ClNO2. The van der Waals surface area contributed by atoms with Crippen LogP contribution in [0.3, 0.4) is 0 Å². The molecule has 0 spiro atoms. The molecule has 4 heteroatoms. The number of hydrogen-bond donors (Lipinski definition) is 1. The number of rotatable bonds is 4. The predicted octanol–water partition coefficient (Wildman–Crippen LogP) is 4.31. The first-order valence-corrected chi connectivity index (χ1v) is 6.85. The molecule has 0 unspecified atom stereocenters. The zero-order valence-corrected chi connectivity index (χ0v) is 12.6. The van der Waals surface area contributed by atoms with Gasteiger partial charge >= 0.3 is 0 Å². The number of halogens is 1. The molecule has 108 valence electrons. The average Bonchev–Trinajstić information content (AvgIpc) is 2.49. The summed E-state index contributed by atoms with van der Waals surface area (Å²) in [5.41, 5.74) is 2.57. The predicted molar refractivity (Wildman–Crippen MR) is 86.8 cm³/mol. The van der Waals surface area contributed by atoms with Crippen LogP contribution in [-0.2, 0) is 4.79 Å². The average molecular weight is 302 g/mol. The SMILES string of the molecule is COc1cccc(/C=C/C(=O)Nc2cc(Cl)ccc2C)c1. The minimum absolute atomic E-state index is 0.205. The highest BCUT2D eigenvalue weighted by atomic mass is 35.5. The highest BCUT2D eigenvalue weighted by Crippen LogP contribution is 2.20. The zero-order valence-electron chi connectivity index (χ0n) is 11.9. The molecule has 0 radical (unpaired) electrons. The molecule has 1 amide bonds. The lowest BCUT2D eigenvalue weighted by atomic mass is 10.2. The van der Waals surface area contributed by atoms with E-state index in [-0.39, 0.29) is 5.91 Å². The summed E-state index contributed by atoms with van der Waals surface area (Å²) in [5, 5.41) is 3.40. The number of ether oxygens (including phenoxy) is 1. The molecule has 0 aliphatic rings. The second kappa shape index (κ2) is 6.95. The van der Waals surface area contributed by atoms with Crippen molar-refractivity contribution in [1.29, 1.82) is 0 Å². The minimum Gasteiger partial charge on any atom is -0.497 e. The lowest BCUT2D eigenvalue weighted by Gasteiger charge is -2.06. The van der Waals surface area contributed by atoms with Gasteiger partial charge in [-0.05, 0) is 48.4 Å². The molecule has 0 saturated heterocycles. The van der Waals surface area contributed by atoms with Crippen molar-refractivity contribution in [2.45, 2.75) is 6.92 Å². The summed E-state index contributed by atoms with van der Waals surface area (Å²) >= 11 is 5.92. The van der Waals surface area contributed by atoms with Crippen LogP contribution in [0.2, 0.25) is 5.02 Å². The summed E-state index contributed by atoms with van der Waals surface area (Å²) in [5.74, 6) is 0.548. The van der Waals surface area contributed by atoms with E-state index in [1.807, 2.05) is 37.3 Å². The zero-order chi connectivity index (χ0) is 15.2. The Morgan fingerprint density at radius 2 is 2.05 bits per heavy atom. The Balaban J connectivity index is 2.07. The van der Waals surface area contributed by atoms with Gasteiger partial charge in [0.1, 0.15) is 5.75 Å². The third-order valence-corrected chi connectivity index (χ3v) is 3.21. The first-order chi connectivity index (χ1) is 10.1. The molecule has 0 bridgehead atoms. The number of nitrogens with one attached hydrogen (secondary N) is 1. The van der Waals surface area contributed by atoms with E-state index in [2.05, 4.69) is 5.32 Å². The van der Waals surface area contributed by atoms with Crippen LogP contribution in [0, 0.1) is 6.92 Å². The second-order valence-corrected chi connectivity index (χ2v) is 4.99. The molecule has 0 aliphatic heterocycles. The number of methoxy groups -OCH3 is 1. The fraction of sp³-hybridized carbons (Fsp3) is 0.118. The highest BCUT2D eigenvalue weighted by molar-refractivity contribution is 6.31. The summed E-state index contributed by atoms with van der Waals surface area (Å²) < 4.78 is 5.14. The molecule has 0 atom stereocenters. The number of aryl methyl sites for hydroxylation is 1. The van der Waals surface area contributed by atoms with Crippen molar-refractivity contribution in [2.75, 3.05) is 12.4 Å². The Morgan fingerprint density at radius 1 is 1.24 bits per heavy atom. The lowest BCUT2D eigenvalue weighted by Crippen LogP contribution is -2.08. The van der Waals surface area contributed by atoms with Crippen molar-refractivity contribution in [1.82, 2.24) is 0 Å². The maximum atomic E-state index is 11.9. The Kier molecular flexibility index (Phi) is 5.01. The van der Waals surface area contributed by atoms with Crippen LogP contribution in [-0.4, -0.2) is 13.0 Å². The van der Waals surface area contributed by atoms with Gasteiger partial charge in [0.25, 0.3) is 0 Å². The second-order valence-electron chi connectivity index (χ2n) is 4.56. The molecule has 2 aromatic rings. The van der Waals surface area contributed by atoms with Gasteiger partial charge in [-0.2, -0.15) is 0 Å². The maximum absolute atomic E-state index is 11.9. The van der Waals surface area contributed by atoms with Crippen LogP contribution in [0.25, 0.3) is 6.08 Å². The van der Waals surface area contributed by atoms with Crippen molar-refractivity contribution in [2.24, 2.45) is 0 Å². The monoisotopic (exact) mass is 301 g/mol. The van der Waals surface area contributed by atoms with Crippen LogP contribution < -0.4 is 10.1 Å². The molecule has 0 aromatic heterocycles. The molecule has 21 heavy (non-hydrogen) atoms. The number of hydrogen-bond acceptors (Lipinski definition) is 2. The number of anilines is 1. The van der Waals surface area contributed by atoms with E-state index >= 15 is 0 Å². The van der Waals surface area contributed by atoms with E-state index in [0.717, 1.165) is 16.9 Å². The van der Waals surface area contributed by atoms with Crippen molar-refractivity contribution < 1.29 is 9.53 Å². The Labute approximate surface area is 129 Å².